The third-order valence-corrected chi connectivity index (χ3v) is 15.3. The van der Waals surface area contributed by atoms with Crippen molar-refractivity contribution in [2.24, 2.45) is 0 Å². The molecule has 0 saturated carbocycles. The standard InChI is InChI=1S/C27H35Si.3ClH.Ti/c1-9-23-15-24(10-2)17-25(16-23)28(8,26-14-12-11-13-19(26)3)27(7)18-20(4)21(5)22(27)6;;;;/h11-17H,9-10H2,1-8H3;3*1H;/q;;;;+3/p-3. The van der Waals surface area contributed by atoms with Gasteiger partial charge in [-0.05, 0) is 0 Å². The second kappa shape index (κ2) is 11.9. The van der Waals surface area contributed by atoms with Crippen LogP contribution < -0.4 is 47.6 Å². The zero-order valence-corrected chi connectivity index (χ0v) is 25.4. The van der Waals surface area contributed by atoms with Gasteiger partial charge in [0.25, 0.3) is 0 Å². The molecular formula is C27H35Cl3SiTi. The van der Waals surface area contributed by atoms with E-state index < -0.39 is 8.07 Å². The average Bonchev–Trinajstić information content (AvgIpc) is 2.89. The fourth-order valence-corrected chi connectivity index (χ4v) is 12.4. The average molecular weight is 542 g/mol. The molecule has 2 atom stereocenters. The van der Waals surface area contributed by atoms with Crippen molar-refractivity contribution in [2.45, 2.75) is 72.9 Å². The van der Waals surface area contributed by atoms with E-state index in [9.17, 15) is 0 Å². The van der Waals surface area contributed by atoms with Gasteiger partial charge in [0.1, 0.15) is 0 Å². The van der Waals surface area contributed by atoms with Crippen LogP contribution in [0.4, 0.5) is 0 Å². The SMILES string of the molecule is CCc1cc(CC)cc([Si](C)(c2ccccc2C)C2(C)C(C)=C(C)C(C)=[C]2[Ti+3])c1.[Cl-].[Cl-].[Cl-]. The van der Waals surface area contributed by atoms with E-state index >= 15 is 0 Å². The van der Waals surface area contributed by atoms with Crippen molar-refractivity contribution in [2.75, 3.05) is 0 Å². The van der Waals surface area contributed by atoms with Gasteiger partial charge >= 0.3 is 192 Å². The number of hydrogen-bond acceptors (Lipinski definition) is 0. The summed E-state index contributed by atoms with van der Waals surface area (Å²) in [6, 6.07) is 16.6. The predicted molar refractivity (Wildman–Crippen MR) is 127 cm³/mol. The Hall–Kier alpha value is -0.279. The monoisotopic (exact) mass is 540 g/mol. The van der Waals surface area contributed by atoms with Crippen molar-refractivity contribution in [3.05, 3.63) is 79.8 Å². The number of benzene rings is 2. The van der Waals surface area contributed by atoms with E-state index in [4.69, 9.17) is 0 Å². The van der Waals surface area contributed by atoms with E-state index in [-0.39, 0.29) is 42.3 Å². The van der Waals surface area contributed by atoms with Crippen molar-refractivity contribution < 1.29 is 57.7 Å². The summed E-state index contributed by atoms with van der Waals surface area (Å²) in [5, 5.41) is 3.26. The molecule has 172 valence electrons. The van der Waals surface area contributed by atoms with Crippen LogP contribution in [0.25, 0.3) is 0 Å². The van der Waals surface area contributed by atoms with E-state index in [0.717, 1.165) is 12.8 Å². The summed E-state index contributed by atoms with van der Waals surface area (Å²) in [6.07, 6.45) is 2.19. The first-order valence-corrected chi connectivity index (χ1v) is 14.2. The molecule has 5 heteroatoms. The molecule has 0 fully saturated rings. The van der Waals surface area contributed by atoms with Crippen molar-refractivity contribution in [1.29, 1.82) is 0 Å². The molecule has 2 aromatic rings. The normalized spacial score (nSPS) is 19.7. The molecular weight excluding hydrogens is 507 g/mol. The maximum absolute atomic E-state index is 2.63. The molecule has 2 aromatic carbocycles. The smallest absolute Gasteiger partial charge is 1.00 e. The van der Waals surface area contributed by atoms with Crippen LogP contribution in [0.5, 0.6) is 0 Å². The Kier molecular flexibility index (Phi) is 11.8. The molecule has 0 aromatic heterocycles. The number of allylic oxidation sites excluding steroid dienone is 4. The van der Waals surface area contributed by atoms with Gasteiger partial charge in [-0.3, -0.25) is 0 Å². The Morgan fingerprint density at radius 2 is 1.31 bits per heavy atom. The third-order valence-electron chi connectivity index (χ3n) is 7.88. The summed E-state index contributed by atoms with van der Waals surface area (Å²) in [4.78, 5) is 0. The summed E-state index contributed by atoms with van der Waals surface area (Å²) in [6.45, 7) is 19.1. The Bertz CT molecular complexity index is 979. The Labute approximate surface area is 227 Å². The van der Waals surface area contributed by atoms with E-state index in [1.54, 1.807) is 19.8 Å². The van der Waals surface area contributed by atoms with Crippen LogP contribution in [0.2, 0.25) is 11.6 Å². The fraction of sp³-hybridized carbons (Fsp3) is 0.407. The molecule has 0 amide bonds. The molecule has 2 unspecified atom stereocenters. The van der Waals surface area contributed by atoms with Crippen LogP contribution in [0.15, 0.2) is 63.1 Å². The zero-order chi connectivity index (χ0) is 21.6. The first-order valence-electron chi connectivity index (χ1n) is 10.9. The van der Waals surface area contributed by atoms with Crippen molar-refractivity contribution in [3.63, 3.8) is 0 Å². The molecule has 0 saturated heterocycles. The first-order chi connectivity index (χ1) is 13.6. The molecule has 0 N–H and O–H groups in total. The molecule has 1 aliphatic rings. The van der Waals surface area contributed by atoms with Gasteiger partial charge in [0, 0.05) is 0 Å². The van der Waals surface area contributed by atoms with E-state index in [1.807, 2.05) is 0 Å². The first kappa shape index (κ1) is 31.7. The van der Waals surface area contributed by atoms with Gasteiger partial charge in [-0.1, -0.05) is 0 Å². The second-order valence-electron chi connectivity index (χ2n) is 9.06. The van der Waals surface area contributed by atoms with Gasteiger partial charge < -0.3 is 37.2 Å². The molecule has 0 aliphatic heterocycles. The molecule has 0 bridgehead atoms. The molecule has 3 rings (SSSR count). The third kappa shape index (κ3) is 4.77. The fourth-order valence-electron chi connectivity index (χ4n) is 5.34. The van der Waals surface area contributed by atoms with Crippen LogP contribution in [-0.4, -0.2) is 8.07 Å². The zero-order valence-electron chi connectivity index (χ0n) is 20.6. The summed E-state index contributed by atoms with van der Waals surface area (Å²) in [5.74, 6) is 0. The van der Waals surface area contributed by atoms with Gasteiger partial charge in [0.05, 0.1) is 0 Å². The van der Waals surface area contributed by atoms with Crippen LogP contribution in [0.1, 0.15) is 58.2 Å². The quantitative estimate of drug-likeness (QED) is 0.361. The number of halogens is 3. The van der Waals surface area contributed by atoms with Crippen LogP contribution >= 0.6 is 0 Å². The van der Waals surface area contributed by atoms with Crippen molar-refractivity contribution in [1.82, 2.24) is 0 Å². The van der Waals surface area contributed by atoms with Gasteiger partial charge in [-0.2, -0.15) is 0 Å². The number of aryl methyl sites for hydroxylation is 3. The number of rotatable bonds is 5. The van der Waals surface area contributed by atoms with Gasteiger partial charge in [0.2, 0.25) is 0 Å². The molecule has 0 spiro atoms. The van der Waals surface area contributed by atoms with Gasteiger partial charge in [-0.15, -0.1) is 0 Å². The van der Waals surface area contributed by atoms with E-state index in [2.05, 4.69) is 118 Å². The number of hydrogen-bond donors (Lipinski definition) is 0. The minimum absolute atomic E-state index is 0. The van der Waals surface area contributed by atoms with Gasteiger partial charge in [-0.25, -0.2) is 0 Å². The van der Waals surface area contributed by atoms with Crippen molar-refractivity contribution in [3.8, 4) is 0 Å². The minimum atomic E-state index is -2.16. The van der Waals surface area contributed by atoms with Crippen molar-refractivity contribution >= 4 is 18.4 Å². The summed E-state index contributed by atoms with van der Waals surface area (Å²) in [7, 11) is -2.16. The molecule has 32 heavy (non-hydrogen) atoms. The predicted octanol–water partition coefficient (Wildman–Crippen LogP) is -2.74. The van der Waals surface area contributed by atoms with Crippen LogP contribution in [0.3, 0.4) is 0 Å². The topological polar surface area (TPSA) is 0 Å². The minimum Gasteiger partial charge on any atom is -1.00 e. The summed E-state index contributed by atoms with van der Waals surface area (Å²) >= 11 is 2.39. The molecule has 0 heterocycles. The second-order valence-corrected chi connectivity index (χ2v) is 14.2. The molecule has 1 aliphatic carbocycles. The summed E-state index contributed by atoms with van der Waals surface area (Å²) in [5.41, 5.74) is 8.96. The van der Waals surface area contributed by atoms with E-state index in [0.29, 0.717) is 0 Å². The Morgan fingerprint density at radius 3 is 1.72 bits per heavy atom. The Morgan fingerprint density at radius 1 is 0.812 bits per heavy atom. The largest absolute Gasteiger partial charge is 1.00 e. The maximum atomic E-state index is 2.63. The van der Waals surface area contributed by atoms with E-state index in [1.165, 1.54) is 27.8 Å². The molecule has 0 radical (unpaired) electrons. The van der Waals surface area contributed by atoms with Crippen LogP contribution in [-0.2, 0) is 33.3 Å². The summed E-state index contributed by atoms with van der Waals surface area (Å²) < 4.78 is 1.57. The Balaban J connectivity index is 0.00000320. The van der Waals surface area contributed by atoms with Crippen LogP contribution in [0, 0.1) is 6.92 Å². The maximum Gasteiger partial charge on any atom is -1.00 e. The van der Waals surface area contributed by atoms with Gasteiger partial charge in [0.15, 0.2) is 0 Å². The molecule has 0 nitrogen and oxygen atoms in total.